The molecule has 0 amide bonds. The molecule has 11 heteroatoms. The summed E-state index contributed by atoms with van der Waals surface area (Å²) in [6.45, 7) is 0. The third-order valence-corrected chi connectivity index (χ3v) is 4.52. The molecule has 0 saturated heterocycles. The van der Waals surface area contributed by atoms with Gasteiger partial charge in [-0.05, 0) is 18.2 Å². The van der Waals surface area contributed by atoms with Gasteiger partial charge >= 0.3 is 12.1 Å². The van der Waals surface area contributed by atoms with E-state index in [1.807, 2.05) is 0 Å². The number of esters is 1. The van der Waals surface area contributed by atoms with Crippen LogP contribution in [0, 0.1) is 0 Å². The summed E-state index contributed by atoms with van der Waals surface area (Å²) in [5, 5.41) is 7.67. The molecule has 0 bridgehead atoms. The molecular formula is C16H12Cl2F3N3O3. The molecule has 2 heterocycles. The number of oxime groups is 1. The second kappa shape index (κ2) is 6.72. The first-order chi connectivity index (χ1) is 12.6. The van der Waals surface area contributed by atoms with Crippen molar-refractivity contribution in [3.63, 3.8) is 0 Å². The summed E-state index contributed by atoms with van der Waals surface area (Å²) in [5.74, 6) is -0.681. The van der Waals surface area contributed by atoms with Gasteiger partial charge in [0.1, 0.15) is 17.1 Å². The fourth-order valence-electron chi connectivity index (χ4n) is 2.73. The number of aryl methyl sites for hydroxylation is 1. The van der Waals surface area contributed by atoms with Gasteiger partial charge in [0.25, 0.3) is 5.60 Å². The lowest BCUT2D eigenvalue weighted by Gasteiger charge is -2.29. The minimum Gasteiger partial charge on any atom is -0.464 e. The second-order valence-corrected chi connectivity index (χ2v) is 6.69. The van der Waals surface area contributed by atoms with Crippen LogP contribution in [0.1, 0.15) is 28.2 Å². The molecule has 1 aliphatic heterocycles. The Morgan fingerprint density at radius 3 is 2.44 bits per heavy atom. The van der Waals surface area contributed by atoms with Crippen LogP contribution in [0.2, 0.25) is 10.0 Å². The maximum atomic E-state index is 13.9. The number of ether oxygens (including phenoxy) is 1. The molecular weight excluding hydrogens is 410 g/mol. The van der Waals surface area contributed by atoms with Crippen molar-refractivity contribution >= 4 is 34.9 Å². The number of carbonyl (C=O) groups excluding carboxylic acids is 1. The quantitative estimate of drug-likeness (QED) is 0.699. The normalized spacial score (nSPS) is 19.6. The van der Waals surface area contributed by atoms with E-state index >= 15 is 0 Å². The molecule has 0 N–H and O–H groups in total. The van der Waals surface area contributed by atoms with Crippen LogP contribution in [-0.2, 0) is 22.2 Å². The lowest BCUT2D eigenvalue weighted by atomic mass is 9.87. The van der Waals surface area contributed by atoms with Gasteiger partial charge in [-0.15, -0.1) is 0 Å². The number of carbonyl (C=O) groups is 1. The minimum absolute atomic E-state index is 0.0315. The third-order valence-electron chi connectivity index (χ3n) is 4.08. The molecule has 0 fully saturated rings. The molecule has 27 heavy (non-hydrogen) atoms. The van der Waals surface area contributed by atoms with Crippen molar-refractivity contribution in [3.8, 4) is 0 Å². The zero-order chi connectivity index (χ0) is 20.0. The van der Waals surface area contributed by atoms with Gasteiger partial charge < -0.3 is 9.57 Å². The Kier molecular flexibility index (Phi) is 4.85. The van der Waals surface area contributed by atoms with Crippen LogP contribution < -0.4 is 0 Å². The highest BCUT2D eigenvalue weighted by molar-refractivity contribution is 6.34. The Labute approximate surface area is 161 Å². The molecule has 144 valence electrons. The monoisotopic (exact) mass is 421 g/mol. The van der Waals surface area contributed by atoms with Crippen LogP contribution >= 0.6 is 23.2 Å². The van der Waals surface area contributed by atoms with E-state index < -0.39 is 24.2 Å². The van der Waals surface area contributed by atoms with Crippen LogP contribution in [0.4, 0.5) is 13.2 Å². The average Bonchev–Trinajstić information content (AvgIpc) is 3.17. The molecule has 1 aliphatic rings. The highest BCUT2D eigenvalue weighted by Gasteiger charge is 2.62. The number of rotatable bonds is 3. The fraction of sp³-hybridized carbons (Fsp3) is 0.312. The summed E-state index contributed by atoms with van der Waals surface area (Å²) in [7, 11) is 2.64. The average molecular weight is 422 g/mol. The van der Waals surface area contributed by atoms with E-state index in [4.69, 9.17) is 28.0 Å². The van der Waals surface area contributed by atoms with E-state index in [2.05, 4.69) is 15.0 Å². The van der Waals surface area contributed by atoms with Crippen molar-refractivity contribution in [3.05, 3.63) is 51.3 Å². The fourth-order valence-corrected chi connectivity index (χ4v) is 3.26. The molecule has 0 radical (unpaired) electrons. The summed E-state index contributed by atoms with van der Waals surface area (Å²) in [6.07, 6.45) is -5.48. The van der Waals surface area contributed by atoms with Gasteiger partial charge in [-0.3, -0.25) is 4.68 Å². The first-order valence-corrected chi connectivity index (χ1v) is 8.24. The summed E-state index contributed by atoms with van der Waals surface area (Å²) >= 11 is 11.7. The van der Waals surface area contributed by atoms with Crippen LogP contribution in [-0.4, -0.2) is 34.7 Å². The first kappa shape index (κ1) is 19.5. The van der Waals surface area contributed by atoms with Gasteiger partial charge in [-0.25, -0.2) is 4.79 Å². The Hall–Kier alpha value is -2.26. The maximum Gasteiger partial charge on any atom is 0.435 e. The molecule has 1 unspecified atom stereocenters. The van der Waals surface area contributed by atoms with Gasteiger partial charge in [0, 0.05) is 28.7 Å². The summed E-state index contributed by atoms with van der Waals surface area (Å²) < 4.78 is 47.6. The number of alkyl halides is 3. The molecule has 3 rings (SSSR count). The zero-order valence-electron chi connectivity index (χ0n) is 14.0. The molecule has 0 aliphatic carbocycles. The number of aromatic nitrogens is 2. The van der Waals surface area contributed by atoms with E-state index in [1.54, 1.807) is 0 Å². The van der Waals surface area contributed by atoms with E-state index in [0.717, 1.165) is 12.1 Å². The number of nitrogens with zero attached hydrogens (tertiary/aromatic N) is 3. The lowest BCUT2D eigenvalue weighted by Crippen LogP contribution is -2.42. The van der Waals surface area contributed by atoms with Crippen molar-refractivity contribution in [2.45, 2.75) is 18.2 Å². The highest BCUT2D eigenvalue weighted by atomic mass is 35.5. The van der Waals surface area contributed by atoms with Crippen molar-refractivity contribution in [1.82, 2.24) is 9.78 Å². The highest BCUT2D eigenvalue weighted by Crippen LogP contribution is 2.49. The Bertz CT molecular complexity index is 922. The van der Waals surface area contributed by atoms with Gasteiger partial charge in [0.2, 0.25) is 0 Å². The van der Waals surface area contributed by atoms with Gasteiger partial charge in [-0.2, -0.15) is 18.3 Å². The summed E-state index contributed by atoms with van der Waals surface area (Å²) in [4.78, 5) is 16.6. The van der Waals surface area contributed by atoms with E-state index in [9.17, 15) is 18.0 Å². The summed E-state index contributed by atoms with van der Waals surface area (Å²) in [6, 6.07) is 4.84. The molecule has 6 nitrogen and oxygen atoms in total. The predicted octanol–water partition coefficient (Wildman–Crippen LogP) is 4.10. The van der Waals surface area contributed by atoms with Crippen molar-refractivity contribution in [2.24, 2.45) is 12.2 Å². The Morgan fingerprint density at radius 1 is 1.26 bits per heavy atom. The third kappa shape index (κ3) is 3.37. The smallest absolute Gasteiger partial charge is 0.435 e. The van der Waals surface area contributed by atoms with Crippen LogP contribution in [0.5, 0.6) is 0 Å². The van der Waals surface area contributed by atoms with Gasteiger partial charge in [-0.1, -0.05) is 28.4 Å². The van der Waals surface area contributed by atoms with E-state index in [0.29, 0.717) is 0 Å². The van der Waals surface area contributed by atoms with Crippen molar-refractivity contribution in [2.75, 3.05) is 7.11 Å². The molecule has 1 atom stereocenters. The number of hydrogen-bond donors (Lipinski definition) is 0. The van der Waals surface area contributed by atoms with E-state index in [-0.39, 0.29) is 32.7 Å². The second-order valence-electron chi connectivity index (χ2n) is 5.82. The largest absolute Gasteiger partial charge is 0.464 e. The summed E-state index contributed by atoms with van der Waals surface area (Å²) in [5.41, 5.74) is -2.99. The van der Waals surface area contributed by atoms with E-state index in [1.165, 1.54) is 31.0 Å². The molecule has 2 aromatic rings. The van der Waals surface area contributed by atoms with Crippen LogP contribution in [0.25, 0.3) is 0 Å². The standard InChI is InChI=1S/C16H12Cl2F3N3O3/c1-24-13(14(25)26-2)6-11(22-24)12-7-15(27-23-12,16(19,20)21)8-3-9(17)5-10(18)4-8/h3-6H,7H2,1-2H3. The van der Waals surface area contributed by atoms with Crippen molar-refractivity contribution in [1.29, 1.82) is 0 Å². The van der Waals surface area contributed by atoms with Crippen LogP contribution in [0.3, 0.4) is 0 Å². The number of methoxy groups -OCH3 is 1. The zero-order valence-corrected chi connectivity index (χ0v) is 15.5. The number of halogens is 5. The van der Waals surface area contributed by atoms with Gasteiger partial charge in [0.05, 0.1) is 13.5 Å². The Balaban J connectivity index is 2.02. The Morgan fingerprint density at radius 2 is 1.89 bits per heavy atom. The molecule has 0 spiro atoms. The predicted molar refractivity (Wildman–Crippen MR) is 91.0 cm³/mol. The SMILES string of the molecule is COC(=O)c1cc(C2=NOC(c3cc(Cl)cc(Cl)c3)(C(F)(F)F)C2)nn1C. The molecule has 1 aromatic carbocycles. The maximum absolute atomic E-state index is 13.9. The lowest BCUT2D eigenvalue weighted by molar-refractivity contribution is -0.275. The van der Waals surface area contributed by atoms with Crippen LogP contribution in [0.15, 0.2) is 29.4 Å². The topological polar surface area (TPSA) is 65.7 Å². The molecule has 1 aromatic heterocycles. The number of benzene rings is 1. The molecule has 0 saturated carbocycles. The minimum atomic E-state index is -4.81. The van der Waals surface area contributed by atoms with Gasteiger partial charge in [0.15, 0.2) is 0 Å². The first-order valence-electron chi connectivity index (χ1n) is 7.48. The number of hydrogen-bond acceptors (Lipinski definition) is 5. The van der Waals surface area contributed by atoms with Crippen molar-refractivity contribution < 1.29 is 27.5 Å².